The predicted molar refractivity (Wildman–Crippen MR) is 194 cm³/mol. The van der Waals surface area contributed by atoms with Crippen molar-refractivity contribution in [3.8, 4) is 11.1 Å². The molecule has 0 aromatic heterocycles. The van der Waals surface area contributed by atoms with Crippen LogP contribution < -0.4 is 0 Å². The van der Waals surface area contributed by atoms with Crippen molar-refractivity contribution in [3.05, 3.63) is 81.4 Å². The summed E-state index contributed by atoms with van der Waals surface area (Å²) in [4.78, 5) is 0. The molecule has 0 radical (unpaired) electrons. The molecular weight excluding hydrogens is 553 g/mol. The molecule has 4 bridgehead atoms. The molecule has 244 valence electrons. The van der Waals surface area contributed by atoms with Crippen LogP contribution in [0.4, 0.5) is 0 Å². The fraction of sp³-hybridized carbons (Fsp3) is 0.652. The van der Waals surface area contributed by atoms with Gasteiger partial charge in [-0.15, -0.1) is 0 Å². The van der Waals surface area contributed by atoms with Crippen molar-refractivity contribution < 1.29 is 0 Å². The first-order chi connectivity index (χ1) is 21.8. The van der Waals surface area contributed by atoms with Crippen molar-refractivity contribution in [2.45, 2.75) is 143 Å². The van der Waals surface area contributed by atoms with E-state index in [0.29, 0.717) is 17.3 Å². The molecule has 5 fully saturated rings. The summed E-state index contributed by atoms with van der Waals surface area (Å²) in [6.07, 6.45) is 19.1. The third-order valence-electron chi connectivity index (χ3n) is 15.2. The Balaban J connectivity index is 1.27. The Morgan fingerprint density at radius 2 is 1.22 bits per heavy atom. The predicted octanol–water partition coefficient (Wildman–Crippen LogP) is 12.7. The van der Waals surface area contributed by atoms with Crippen LogP contribution in [-0.2, 0) is 10.8 Å². The molecule has 0 heteroatoms. The highest BCUT2D eigenvalue weighted by Crippen LogP contribution is 2.73. The molecule has 5 saturated carbocycles. The summed E-state index contributed by atoms with van der Waals surface area (Å²) >= 11 is 0. The van der Waals surface area contributed by atoms with Crippen LogP contribution in [0, 0.1) is 46.3 Å². The van der Waals surface area contributed by atoms with Gasteiger partial charge in [0.1, 0.15) is 0 Å². The summed E-state index contributed by atoms with van der Waals surface area (Å²) in [7, 11) is 0. The number of fused-ring (bicyclic) bond motifs is 5. The van der Waals surface area contributed by atoms with E-state index < -0.39 is 0 Å². The molecule has 46 heavy (non-hydrogen) atoms. The van der Waals surface area contributed by atoms with Crippen molar-refractivity contribution in [3.63, 3.8) is 0 Å². The molecule has 0 amide bonds. The Morgan fingerprint density at radius 1 is 0.696 bits per heavy atom. The smallest absolute Gasteiger partial charge is 0.0204 e. The second-order valence-electron chi connectivity index (χ2n) is 20.1. The largest absolute Gasteiger partial charge is 0.0619 e. The zero-order chi connectivity index (χ0) is 32.0. The van der Waals surface area contributed by atoms with E-state index in [1.165, 1.54) is 73.6 Å². The molecule has 0 nitrogen and oxygen atoms in total. The number of hydrogen-bond acceptors (Lipinski definition) is 0. The van der Waals surface area contributed by atoms with Gasteiger partial charge in [-0.25, -0.2) is 0 Å². The maximum absolute atomic E-state index is 2.96. The van der Waals surface area contributed by atoms with Crippen molar-refractivity contribution in [1.82, 2.24) is 0 Å². The van der Waals surface area contributed by atoms with Crippen LogP contribution in [0.5, 0.6) is 0 Å². The monoisotopic (exact) mass is 612 g/mol. The van der Waals surface area contributed by atoms with E-state index in [0.717, 1.165) is 29.6 Å². The first-order valence-electron chi connectivity index (χ1n) is 19.5. The zero-order valence-electron chi connectivity index (χ0n) is 30.4. The fourth-order valence-corrected chi connectivity index (χ4v) is 13.7. The third-order valence-corrected chi connectivity index (χ3v) is 15.2. The van der Waals surface area contributed by atoms with Gasteiger partial charge in [0, 0.05) is 11.3 Å². The molecule has 2 aromatic rings. The summed E-state index contributed by atoms with van der Waals surface area (Å²) in [6, 6.07) is 15.3. The van der Waals surface area contributed by atoms with E-state index in [4.69, 9.17) is 0 Å². The van der Waals surface area contributed by atoms with E-state index in [9.17, 15) is 0 Å². The topological polar surface area (TPSA) is 0 Å². The highest BCUT2D eigenvalue weighted by Gasteiger charge is 2.63. The fourth-order valence-electron chi connectivity index (χ4n) is 13.7. The van der Waals surface area contributed by atoms with Crippen LogP contribution in [0.1, 0.15) is 154 Å². The van der Waals surface area contributed by atoms with Gasteiger partial charge in [0.2, 0.25) is 0 Å². The Labute approximate surface area is 280 Å². The molecular formula is C46H60. The van der Waals surface area contributed by atoms with Gasteiger partial charge in [0.05, 0.1) is 0 Å². The van der Waals surface area contributed by atoms with Gasteiger partial charge >= 0.3 is 0 Å². The summed E-state index contributed by atoms with van der Waals surface area (Å²) in [5.41, 5.74) is 16.0. The molecule has 8 aliphatic carbocycles. The van der Waals surface area contributed by atoms with Gasteiger partial charge in [0.15, 0.2) is 0 Å². The molecule has 0 spiro atoms. The van der Waals surface area contributed by atoms with Crippen LogP contribution in [0.25, 0.3) is 11.1 Å². The molecule has 10 rings (SSSR count). The van der Waals surface area contributed by atoms with E-state index in [-0.39, 0.29) is 16.2 Å². The zero-order valence-corrected chi connectivity index (χ0v) is 30.4. The van der Waals surface area contributed by atoms with Gasteiger partial charge in [-0.05, 0) is 148 Å². The van der Waals surface area contributed by atoms with E-state index >= 15 is 0 Å². The van der Waals surface area contributed by atoms with Gasteiger partial charge in [0.25, 0.3) is 0 Å². The van der Waals surface area contributed by atoms with E-state index in [2.05, 4.69) is 97.9 Å². The summed E-state index contributed by atoms with van der Waals surface area (Å²) in [5.74, 6) is 5.63. The molecule has 2 aromatic carbocycles. The average molecular weight is 613 g/mol. The Hall–Kier alpha value is -2.08. The summed E-state index contributed by atoms with van der Waals surface area (Å²) < 4.78 is 0. The minimum absolute atomic E-state index is 0.141. The van der Waals surface area contributed by atoms with E-state index in [1.807, 2.05) is 16.7 Å². The lowest BCUT2D eigenvalue weighted by Gasteiger charge is -2.58. The first-order valence-corrected chi connectivity index (χ1v) is 19.5. The van der Waals surface area contributed by atoms with E-state index in [1.54, 1.807) is 30.4 Å². The van der Waals surface area contributed by atoms with Crippen LogP contribution in [-0.4, -0.2) is 0 Å². The van der Waals surface area contributed by atoms with Gasteiger partial charge in [-0.2, -0.15) is 0 Å². The normalized spacial score (nSPS) is 36.3. The molecule has 0 heterocycles. The first kappa shape index (κ1) is 30.0. The molecule has 0 saturated heterocycles. The lowest BCUT2D eigenvalue weighted by atomic mass is 9.47. The van der Waals surface area contributed by atoms with Crippen molar-refractivity contribution >= 4 is 0 Å². The minimum Gasteiger partial charge on any atom is -0.0619 e. The van der Waals surface area contributed by atoms with Crippen molar-refractivity contribution in [2.75, 3.05) is 0 Å². The Bertz CT molecular complexity index is 1560. The van der Waals surface area contributed by atoms with Gasteiger partial charge in [-0.1, -0.05) is 122 Å². The summed E-state index contributed by atoms with van der Waals surface area (Å²) in [5, 5.41) is 0. The lowest BCUT2D eigenvalue weighted by molar-refractivity contribution is -0.0318. The SMILES string of the molecule is CC(C)C1(C2c3cc(C(C)(C)C)ccc3-c3ccc(C(C)(C)C)cc32)C2=C(CC(C34CC5CC(CC(C5)C3)C4)=C2)C2CCCCC21. The quantitative estimate of drug-likeness (QED) is 0.323. The van der Waals surface area contributed by atoms with Crippen LogP contribution >= 0.6 is 0 Å². The number of benzene rings is 2. The maximum Gasteiger partial charge on any atom is 0.0204 e. The van der Waals surface area contributed by atoms with Gasteiger partial charge in [-0.3, -0.25) is 0 Å². The average Bonchev–Trinajstić information content (AvgIpc) is 3.64. The third kappa shape index (κ3) is 4.03. The number of rotatable bonds is 3. The minimum atomic E-state index is 0.141. The van der Waals surface area contributed by atoms with Crippen LogP contribution in [0.15, 0.2) is 59.2 Å². The lowest BCUT2D eigenvalue weighted by Crippen LogP contribution is -2.47. The van der Waals surface area contributed by atoms with Crippen molar-refractivity contribution in [1.29, 1.82) is 0 Å². The maximum atomic E-state index is 2.96. The molecule has 0 aliphatic heterocycles. The molecule has 8 aliphatic rings. The standard InChI is InChI=1S/C46H60/c1-27(2)46(42-38-20-31(43(3,4)5)13-15-34(38)35-16-14-32(21-39(35)42)44(6,7)8)40-12-10-9-11-36(40)37-22-33(23-41(37)46)45-24-28-17-29(25-45)19-30(18-28)26-45/h13-16,20-21,23,27-30,36,40,42H,9-12,17-19,22,24-26H2,1-8H3. The summed E-state index contributed by atoms with van der Waals surface area (Å²) in [6.45, 7) is 19.7. The Kier molecular flexibility index (Phi) is 6.37. The van der Waals surface area contributed by atoms with Crippen LogP contribution in [0.2, 0.25) is 0 Å². The highest BCUT2D eigenvalue weighted by atomic mass is 14.7. The highest BCUT2D eigenvalue weighted by molar-refractivity contribution is 5.81. The molecule has 0 N–H and O–H groups in total. The second kappa shape index (κ2) is 9.76. The molecule has 3 unspecified atom stereocenters. The van der Waals surface area contributed by atoms with Crippen LogP contribution in [0.3, 0.4) is 0 Å². The number of hydrogen-bond donors (Lipinski definition) is 0. The van der Waals surface area contributed by atoms with Crippen molar-refractivity contribution in [2.24, 2.45) is 46.3 Å². The molecule has 3 atom stereocenters. The Morgan fingerprint density at radius 3 is 1.72 bits per heavy atom. The van der Waals surface area contributed by atoms with Gasteiger partial charge < -0.3 is 0 Å². The number of allylic oxidation sites excluding steroid dienone is 4. The second-order valence-corrected chi connectivity index (χ2v) is 20.1.